The average molecular weight is 464 g/mol. The summed E-state index contributed by atoms with van der Waals surface area (Å²) in [5, 5.41) is 2.82. The van der Waals surface area contributed by atoms with E-state index >= 15 is 0 Å². The molecule has 33 heavy (non-hydrogen) atoms. The molecular formula is C25H25N3O4S. The van der Waals surface area contributed by atoms with E-state index < -0.39 is 10.0 Å². The highest BCUT2D eigenvalue weighted by Gasteiger charge is 2.21. The number of benzene rings is 3. The van der Waals surface area contributed by atoms with Crippen LogP contribution in [-0.2, 0) is 26.0 Å². The van der Waals surface area contributed by atoms with Crippen LogP contribution in [0.4, 0.5) is 17.1 Å². The molecule has 0 atom stereocenters. The van der Waals surface area contributed by atoms with Crippen LogP contribution in [0.5, 0.6) is 0 Å². The van der Waals surface area contributed by atoms with E-state index in [9.17, 15) is 18.0 Å². The first-order chi connectivity index (χ1) is 15.8. The number of hydrogen-bond acceptors (Lipinski definition) is 4. The molecule has 0 aliphatic carbocycles. The molecule has 0 unspecified atom stereocenters. The zero-order valence-electron chi connectivity index (χ0n) is 18.2. The fraction of sp³-hybridized carbons (Fsp3) is 0.200. The van der Waals surface area contributed by atoms with Gasteiger partial charge in [-0.15, -0.1) is 0 Å². The molecule has 3 aromatic carbocycles. The van der Waals surface area contributed by atoms with Gasteiger partial charge in [-0.1, -0.05) is 36.4 Å². The van der Waals surface area contributed by atoms with Gasteiger partial charge in [0.05, 0.1) is 17.0 Å². The first-order valence-corrected chi connectivity index (χ1v) is 12.2. The van der Waals surface area contributed by atoms with E-state index in [2.05, 4.69) is 10.0 Å². The molecule has 2 amide bonds. The Morgan fingerprint density at radius 2 is 1.73 bits per heavy atom. The second-order valence-electron chi connectivity index (χ2n) is 7.99. The van der Waals surface area contributed by atoms with Crippen molar-refractivity contribution in [1.82, 2.24) is 0 Å². The highest BCUT2D eigenvalue weighted by molar-refractivity contribution is 7.92. The Balaban J connectivity index is 1.42. The molecule has 0 saturated carbocycles. The van der Waals surface area contributed by atoms with Gasteiger partial charge in [-0.2, -0.15) is 0 Å². The average Bonchev–Trinajstić information content (AvgIpc) is 3.23. The van der Waals surface area contributed by atoms with E-state index in [1.165, 1.54) is 12.1 Å². The molecule has 0 aromatic heterocycles. The third-order valence-electron chi connectivity index (χ3n) is 5.51. The van der Waals surface area contributed by atoms with Crippen LogP contribution in [0, 0.1) is 6.92 Å². The summed E-state index contributed by atoms with van der Waals surface area (Å²) in [4.78, 5) is 26.4. The van der Waals surface area contributed by atoms with Crippen molar-refractivity contribution in [3.05, 3.63) is 83.9 Å². The fourth-order valence-electron chi connectivity index (χ4n) is 3.72. The van der Waals surface area contributed by atoms with Gasteiger partial charge < -0.3 is 10.2 Å². The van der Waals surface area contributed by atoms with Crippen molar-refractivity contribution < 1.29 is 18.0 Å². The van der Waals surface area contributed by atoms with Crippen molar-refractivity contribution >= 4 is 38.9 Å². The number of amides is 2. The largest absolute Gasteiger partial charge is 0.326 e. The van der Waals surface area contributed by atoms with Crippen LogP contribution in [0.15, 0.2) is 77.7 Å². The first kappa shape index (κ1) is 22.5. The van der Waals surface area contributed by atoms with Gasteiger partial charge in [0.15, 0.2) is 0 Å². The standard InChI is InChI=1S/C25H25N3O4S/c1-18-9-12-20(17-23(18)27-33(31,32)22-6-3-2-4-7-22)26-24(29)16-19-10-13-21(14-11-19)28-15-5-8-25(28)30/h2-4,6-7,9-14,17,27H,5,8,15-16H2,1H3,(H,26,29). The second kappa shape index (κ2) is 9.46. The van der Waals surface area contributed by atoms with Crippen molar-refractivity contribution in [3.63, 3.8) is 0 Å². The van der Waals surface area contributed by atoms with Crippen LogP contribution in [0.3, 0.4) is 0 Å². The maximum Gasteiger partial charge on any atom is 0.261 e. The van der Waals surface area contributed by atoms with E-state index in [0.29, 0.717) is 17.8 Å². The Hall–Kier alpha value is -3.65. The molecule has 0 spiro atoms. The quantitative estimate of drug-likeness (QED) is 0.551. The number of carbonyl (C=O) groups is 2. The van der Waals surface area contributed by atoms with Crippen molar-refractivity contribution in [2.75, 3.05) is 21.5 Å². The van der Waals surface area contributed by atoms with Gasteiger partial charge in [0.25, 0.3) is 10.0 Å². The predicted molar refractivity (Wildman–Crippen MR) is 129 cm³/mol. The maximum absolute atomic E-state index is 12.6. The summed E-state index contributed by atoms with van der Waals surface area (Å²) >= 11 is 0. The molecule has 1 saturated heterocycles. The van der Waals surface area contributed by atoms with E-state index in [0.717, 1.165) is 29.8 Å². The van der Waals surface area contributed by atoms with Crippen LogP contribution >= 0.6 is 0 Å². The van der Waals surface area contributed by atoms with E-state index in [1.54, 1.807) is 48.2 Å². The van der Waals surface area contributed by atoms with Crippen LogP contribution in [0.1, 0.15) is 24.0 Å². The van der Waals surface area contributed by atoms with Gasteiger partial charge in [-0.25, -0.2) is 8.42 Å². The molecule has 1 aliphatic heterocycles. The van der Waals surface area contributed by atoms with Gasteiger partial charge in [-0.3, -0.25) is 14.3 Å². The highest BCUT2D eigenvalue weighted by Crippen LogP contribution is 2.24. The smallest absolute Gasteiger partial charge is 0.261 e. The lowest BCUT2D eigenvalue weighted by atomic mass is 10.1. The molecule has 4 rings (SSSR count). The summed E-state index contributed by atoms with van der Waals surface area (Å²) in [7, 11) is -3.74. The Labute approximate surface area is 193 Å². The Morgan fingerprint density at radius 3 is 2.39 bits per heavy atom. The topological polar surface area (TPSA) is 95.6 Å². The summed E-state index contributed by atoms with van der Waals surface area (Å²) in [6, 6.07) is 20.6. The maximum atomic E-state index is 12.6. The summed E-state index contributed by atoms with van der Waals surface area (Å²) < 4.78 is 27.9. The number of aryl methyl sites for hydroxylation is 1. The van der Waals surface area contributed by atoms with E-state index in [4.69, 9.17) is 0 Å². The number of rotatable bonds is 7. The third kappa shape index (κ3) is 5.40. The van der Waals surface area contributed by atoms with Crippen LogP contribution in [-0.4, -0.2) is 26.8 Å². The molecule has 7 nitrogen and oxygen atoms in total. The van der Waals surface area contributed by atoms with Gasteiger partial charge in [0.1, 0.15) is 0 Å². The summed E-state index contributed by atoms with van der Waals surface area (Å²) in [5.74, 6) is -0.0979. The zero-order valence-corrected chi connectivity index (χ0v) is 19.1. The number of sulfonamides is 1. The van der Waals surface area contributed by atoms with Gasteiger partial charge in [-0.05, 0) is 60.9 Å². The number of hydrogen-bond donors (Lipinski definition) is 2. The zero-order chi connectivity index (χ0) is 23.4. The second-order valence-corrected chi connectivity index (χ2v) is 9.67. The summed E-state index contributed by atoms with van der Waals surface area (Å²) in [6.07, 6.45) is 1.60. The monoisotopic (exact) mass is 463 g/mol. The highest BCUT2D eigenvalue weighted by atomic mass is 32.2. The normalized spacial score (nSPS) is 13.7. The van der Waals surface area contributed by atoms with Crippen LogP contribution in [0.2, 0.25) is 0 Å². The summed E-state index contributed by atoms with van der Waals surface area (Å²) in [6.45, 7) is 2.52. The van der Waals surface area contributed by atoms with Crippen LogP contribution in [0.25, 0.3) is 0 Å². The van der Waals surface area contributed by atoms with Crippen molar-refractivity contribution in [1.29, 1.82) is 0 Å². The molecule has 0 bridgehead atoms. The molecule has 1 heterocycles. The number of nitrogens with zero attached hydrogens (tertiary/aromatic N) is 1. The number of anilines is 3. The van der Waals surface area contributed by atoms with Crippen molar-refractivity contribution in [3.8, 4) is 0 Å². The third-order valence-corrected chi connectivity index (χ3v) is 6.89. The molecule has 170 valence electrons. The minimum atomic E-state index is -3.74. The van der Waals surface area contributed by atoms with E-state index in [1.807, 2.05) is 24.3 Å². The van der Waals surface area contributed by atoms with Gasteiger partial charge in [0, 0.05) is 24.3 Å². The molecule has 1 fully saturated rings. The number of nitrogens with one attached hydrogen (secondary N) is 2. The fourth-order valence-corrected chi connectivity index (χ4v) is 4.86. The SMILES string of the molecule is Cc1ccc(NC(=O)Cc2ccc(N3CCCC3=O)cc2)cc1NS(=O)(=O)c1ccccc1. The molecule has 2 N–H and O–H groups in total. The van der Waals surface area contributed by atoms with Crippen molar-refractivity contribution in [2.45, 2.75) is 31.1 Å². The molecule has 8 heteroatoms. The molecule has 0 radical (unpaired) electrons. The minimum absolute atomic E-state index is 0.124. The lowest BCUT2D eigenvalue weighted by molar-refractivity contribution is -0.117. The Bertz CT molecular complexity index is 1270. The molecule has 1 aliphatic rings. The van der Waals surface area contributed by atoms with Crippen LogP contribution < -0.4 is 14.9 Å². The Kier molecular flexibility index (Phi) is 6.46. The lowest BCUT2D eigenvalue weighted by Gasteiger charge is -2.16. The Morgan fingerprint density at radius 1 is 1.00 bits per heavy atom. The molecule has 3 aromatic rings. The van der Waals surface area contributed by atoms with Crippen molar-refractivity contribution in [2.24, 2.45) is 0 Å². The lowest BCUT2D eigenvalue weighted by Crippen LogP contribution is -2.23. The predicted octanol–water partition coefficient (Wildman–Crippen LogP) is 4.10. The van der Waals surface area contributed by atoms with Gasteiger partial charge in [0.2, 0.25) is 11.8 Å². The van der Waals surface area contributed by atoms with Gasteiger partial charge >= 0.3 is 0 Å². The first-order valence-electron chi connectivity index (χ1n) is 10.7. The minimum Gasteiger partial charge on any atom is -0.326 e. The van der Waals surface area contributed by atoms with E-state index in [-0.39, 0.29) is 23.1 Å². The summed E-state index contributed by atoms with van der Waals surface area (Å²) in [5.41, 5.74) is 3.29. The molecular weight excluding hydrogens is 438 g/mol. The number of carbonyl (C=O) groups excluding carboxylic acids is 2.